The lowest BCUT2D eigenvalue weighted by atomic mass is 9.99. The van der Waals surface area contributed by atoms with Gasteiger partial charge in [0.2, 0.25) is 0 Å². The van der Waals surface area contributed by atoms with Crippen LogP contribution in [0.25, 0.3) is 10.8 Å². The number of aliphatic hydroxyl groups excluding tert-OH is 1. The number of benzene rings is 3. The highest BCUT2D eigenvalue weighted by molar-refractivity contribution is 6.32. The van der Waals surface area contributed by atoms with Gasteiger partial charge >= 0.3 is 5.92 Å². The maximum Gasteiger partial charge on any atom is 0.324 e. The number of rotatable bonds is 11. The molecule has 0 radical (unpaired) electrons. The second kappa shape index (κ2) is 12.2. The molecule has 9 heteroatoms. The SMILES string of the molecule is O=C(NC(CN1CCCC1)C(O)c1ccc(OC2COC2)c(Cl)c1)C(F)(F)CCc1ccc2ccccc2c1. The lowest BCUT2D eigenvalue weighted by Crippen LogP contribution is -2.51. The Morgan fingerprint density at radius 3 is 2.54 bits per heavy atom. The average Bonchev–Trinajstić information content (AvgIpc) is 3.42. The largest absolute Gasteiger partial charge is 0.484 e. The number of nitrogens with zero attached hydrogens (tertiary/aromatic N) is 1. The highest BCUT2D eigenvalue weighted by Gasteiger charge is 2.40. The van der Waals surface area contributed by atoms with Crippen molar-refractivity contribution in [3.63, 3.8) is 0 Å². The molecule has 2 unspecified atom stereocenters. The van der Waals surface area contributed by atoms with E-state index in [0.717, 1.165) is 42.3 Å². The summed E-state index contributed by atoms with van der Waals surface area (Å²) in [5, 5.41) is 16.0. The van der Waals surface area contributed by atoms with Crippen LogP contribution in [0.3, 0.4) is 0 Å². The molecule has 2 aliphatic rings. The van der Waals surface area contributed by atoms with Crippen molar-refractivity contribution < 1.29 is 28.2 Å². The first-order valence-corrected chi connectivity index (χ1v) is 13.8. The van der Waals surface area contributed by atoms with Gasteiger partial charge in [0.1, 0.15) is 18.0 Å². The normalized spacial score (nSPS) is 18.1. The van der Waals surface area contributed by atoms with Crippen molar-refractivity contribution in [2.45, 2.75) is 49.9 Å². The van der Waals surface area contributed by atoms with Crippen LogP contribution < -0.4 is 10.1 Å². The average molecular weight is 559 g/mol. The Bertz CT molecular complexity index is 1300. The molecular formula is C30H33ClF2N2O4. The minimum absolute atomic E-state index is 0.0493. The van der Waals surface area contributed by atoms with Crippen LogP contribution in [0.5, 0.6) is 5.75 Å². The second-order valence-electron chi connectivity index (χ2n) is 10.4. The zero-order valence-corrected chi connectivity index (χ0v) is 22.4. The number of nitrogens with one attached hydrogen (secondary N) is 1. The second-order valence-corrected chi connectivity index (χ2v) is 10.8. The van der Waals surface area contributed by atoms with Crippen molar-refractivity contribution >= 4 is 28.3 Å². The number of hydrogen-bond donors (Lipinski definition) is 2. The number of likely N-dealkylation sites (tertiary alicyclic amines) is 1. The molecule has 5 rings (SSSR count). The number of fused-ring (bicyclic) bond motifs is 1. The van der Waals surface area contributed by atoms with Gasteiger partial charge < -0.3 is 24.8 Å². The number of amides is 1. The van der Waals surface area contributed by atoms with E-state index in [9.17, 15) is 9.90 Å². The van der Waals surface area contributed by atoms with E-state index >= 15 is 8.78 Å². The summed E-state index contributed by atoms with van der Waals surface area (Å²) in [5.74, 6) is -4.53. The summed E-state index contributed by atoms with van der Waals surface area (Å²) in [4.78, 5) is 14.9. The molecule has 0 spiro atoms. The number of halogens is 3. The number of aliphatic hydroxyl groups is 1. The van der Waals surface area contributed by atoms with Crippen LogP contribution in [-0.4, -0.2) is 66.8 Å². The Morgan fingerprint density at radius 2 is 1.85 bits per heavy atom. The first-order chi connectivity index (χ1) is 18.8. The van der Waals surface area contributed by atoms with E-state index in [4.69, 9.17) is 21.1 Å². The van der Waals surface area contributed by atoms with Crippen LogP contribution >= 0.6 is 11.6 Å². The fourth-order valence-electron chi connectivity index (χ4n) is 5.04. The molecule has 3 aromatic carbocycles. The molecule has 39 heavy (non-hydrogen) atoms. The molecule has 2 heterocycles. The van der Waals surface area contributed by atoms with E-state index in [1.807, 2.05) is 42.5 Å². The summed E-state index contributed by atoms with van der Waals surface area (Å²) < 4.78 is 41.0. The third-order valence-corrected chi connectivity index (χ3v) is 7.72. The van der Waals surface area contributed by atoms with Crippen LogP contribution in [-0.2, 0) is 16.0 Å². The first kappa shape index (κ1) is 27.8. The van der Waals surface area contributed by atoms with Crippen LogP contribution in [0.2, 0.25) is 5.02 Å². The fourth-order valence-corrected chi connectivity index (χ4v) is 5.28. The zero-order valence-electron chi connectivity index (χ0n) is 21.6. The summed E-state index contributed by atoms with van der Waals surface area (Å²) >= 11 is 6.39. The maximum absolute atomic E-state index is 15.1. The Balaban J connectivity index is 1.26. The van der Waals surface area contributed by atoms with Gasteiger partial charge in [-0.3, -0.25) is 4.79 Å². The third-order valence-electron chi connectivity index (χ3n) is 7.42. The van der Waals surface area contributed by atoms with Gasteiger partial charge in [-0.25, -0.2) is 0 Å². The lowest BCUT2D eigenvalue weighted by molar-refractivity contribution is -0.148. The van der Waals surface area contributed by atoms with Gasteiger partial charge in [0.25, 0.3) is 5.91 Å². The minimum atomic E-state index is -3.60. The van der Waals surface area contributed by atoms with Crippen molar-refractivity contribution in [3.8, 4) is 5.75 Å². The molecule has 6 nitrogen and oxygen atoms in total. The van der Waals surface area contributed by atoms with Crippen molar-refractivity contribution in [2.75, 3.05) is 32.8 Å². The number of hydrogen-bond acceptors (Lipinski definition) is 5. The quantitative estimate of drug-likeness (QED) is 0.340. The molecule has 1 amide bonds. The summed E-state index contributed by atoms with van der Waals surface area (Å²) in [7, 11) is 0. The van der Waals surface area contributed by atoms with Crippen molar-refractivity contribution in [3.05, 3.63) is 76.8 Å². The van der Waals surface area contributed by atoms with E-state index in [1.165, 1.54) is 0 Å². The molecule has 2 saturated heterocycles. The summed E-state index contributed by atoms with van der Waals surface area (Å²) in [6.07, 6.45) is 0.0879. The van der Waals surface area contributed by atoms with Crippen LogP contribution in [0.15, 0.2) is 60.7 Å². The molecule has 0 aliphatic carbocycles. The summed E-state index contributed by atoms with van der Waals surface area (Å²) in [5.41, 5.74) is 1.15. The highest BCUT2D eigenvalue weighted by Crippen LogP contribution is 2.32. The van der Waals surface area contributed by atoms with Gasteiger partial charge in [-0.2, -0.15) is 8.78 Å². The summed E-state index contributed by atoms with van der Waals surface area (Å²) in [6, 6.07) is 17.2. The molecular weight excluding hydrogens is 526 g/mol. The van der Waals surface area contributed by atoms with Crippen molar-refractivity contribution in [2.24, 2.45) is 0 Å². The van der Waals surface area contributed by atoms with Gasteiger partial charge in [-0.1, -0.05) is 60.1 Å². The molecule has 0 aromatic heterocycles. The van der Waals surface area contributed by atoms with E-state index in [1.54, 1.807) is 18.2 Å². The van der Waals surface area contributed by atoms with E-state index in [2.05, 4.69) is 10.2 Å². The number of carbonyl (C=O) groups excluding carboxylic acids is 1. The predicted octanol–water partition coefficient (Wildman–Crippen LogP) is 5.15. The van der Waals surface area contributed by atoms with E-state index in [-0.39, 0.29) is 19.1 Å². The Hall–Kier alpha value is -2.78. The predicted molar refractivity (Wildman–Crippen MR) is 146 cm³/mol. The van der Waals surface area contributed by atoms with Crippen molar-refractivity contribution in [1.29, 1.82) is 0 Å². The number of alkyl halides is 2. The standard InChI is InChI=1S/C30H33ClF2N2O4/c31-25-16-23(9-10-27(25)39-24-18-38-19-24)28(36)26(17-35-13-3-4-14-35)34-29(37)30(32,33)12-11-20-7-8-21-5-1-2-6-22(21)15-20/h1-2,5-10,15-16,24,26,28,36H,3-4,11-14,17-19H2,(H,34,37). The molecule has 2 fully saturated rings. The number of carbonyl (C=O) groups is 1. The van der Waals surface area contributed by atoms with Gasteiger partial charge in [0.05, 0.1) is 24.3 Å². The van der Waals surface area contributed by atoms with Gasteiger partial charge in [-0.05, 0) is 66.4 Å². The summed E-state index contributed by atoms with van der Waals surface area (Å²) in [6.45, 7) is 2.80. The first-order valence-electron chi connectivity index (χ1n) is 13.4. The third kappa shape index (κ3) is 6.87. The molecule has 0 bridgehead atoms. The van der Waals surface area contributed by atoms with Gasteiger partial charge in [0.15, 0.2) is 0 Å². The highest BCUT2D eigenvalue weighted by atomic mass is 35.5. The monoisotopic (exact) mass is 558 g/mol. The van der Waals surface area contributed by atoms with Crippen LogP contribution in [0.1, 0.15) is 36.5 Å². The van der Waals surface area contributed by atoms with Crippen LogP contribution in [0.4, 0.5) is 8.78 Å². The Morgan fingerprint density at radius 1 is 1.10 bits per heavy atom. The Kier molecular flexibility index (Phi) is 8.67. The molecule has 208 valence electrons. The molecule has 2 aliphatic heterocycles. The van der Waals surface area contributed by atoms with Crippen molar-refractivity contribution in [1.82, 2.24) is 10.2 Å². The molecule has 2 N–H and O–H groups in total. The minimum Gasteiger partial charge on any atom is -0.484 e. The molecule has 0 saturated carbocycles. The van der Waals surface area contributed by atoms with Crippen LogP contribution in [0, 0.1) is 0 Å². The fraction of sp³-hybridized carbons (Fsp3) is 0.433. The van der Waals surface area contributed by atoms with Gasteiger partial charge in [-0.15, -0.1) is 0 Å². The van der Waals surface area contributed by atoms with E-state index in [0.29, 0.717) is 29.5 Å². The lowest BCUT2D eigenvalue weighted by Gasteiger charge is -2.30. The zero-order chi connectivity index (χ0) is 27.4. The molecule has 3 aromatic rings. The Labute approximate surface area is 231 Å². The smallest absolute Gasteiger partial charge is 0.324 e. The maximum atomic E-state index is 15.1. The van der Waals surface area contributed by atoms with E-state index < -0.39 is 30.4 Å². The topological polar surface area (TPSA) is 71.0 Å². The number of ether oxygens (including phenoxy) is 2. The molecule has 2 atom stereocenters. The number of aryl methyl sites for hydroxylation is 1. The van der Waals surface area contributed by atoms with Gasteiger partial charge in [0, 0.05) is 13.0 Å².